The van der Waals surface area contributed by atoms with Gasteiger partial charge >= 0.3 is 5.69 Å². The first-order valence-electron chi connectivity index (χ1n) is 13.5. The third-order valence-electron chi connectivity index (χ3n) is 7.62. The average molecular weight is 541 g/mol. The molecule has 3 atom stereocenters. The highest BCUT2D eigenvalue weighted by molar-refractivity contribution is 7.80. The van der Waals surface area contributed by atoms with Crippen LogP contribution in [0, 0.1) is 11.8 Å². The molecule has 1 aromatic rings. The second-order valence-corrected chi connectivity index (χ2v) is 10.4. The van der Waals surface area contributed by atoms with Gasteiger partial charge in [0.2, 0.25) is 0 Å². The number of halogens is 1. The molecule has 1 aromatic heterocycles. The van der Waals surface area contributed by atoms with E-state index in [4.69, 9.17) is 5.84 Å². The lowest BCUT2D eigenvalue weighted by molar-refractivity contribution is -0.123. The number of allylic oxidation sites excluding steroid dienone is 1. The van der Waals surface area contributed by atoms with Gasteiger partial charge in [-0.15, -0.1) is 0 Å². The van der Waals surface area contributed by atoms with Crippen molar-refractivity contribution in [2.24, 2.45) is 11.8 Å². The smallest absolute Gasteiger partial charge is 0.350 e. The predicted molar refractivity (Wildman–Crippen MR) is 151 cm³/mol. The van der Waals surface area contributed by atoms with Crippen LogP contribution in [0.25, 0.3) is 11.6 Å². The van der Waals surface area contributed by atoms with Gasteiger partial charge in [-0.25, -0.2) is 9.18 Å². The van der Waals surface area contributed by atoms with Crippen LogP contribution in [0.2, 0.25) is 0 Å². The molecule has 8 nitrogen and oxygen atoms in total. The molecule has 0 amide bonds. The van der Waals surface area contributed by atoms with Gasteiger partial charge in [-0.1, -0.05) is 33.3 Å². The van der Waals surface area contributed by atoms with Crippen LogP contribution in [0.1, 0.15) is 79.2 Å². The fourth-order valence-electron chi connectivity index (χ4n) is 5.79. The maximum atomic E-state index is 14.4. The molecule has 0 radical (unpaired) electrons. The summed E-state index contributed by atoms with van der Waals surface area (Å²) in [5.41, 5.74) is -1.40. The van der Waals surface area contributed by atoms with Gasteiger partial charge in [-0.3, -0.25) is 9.36 Å². The topological polar surface area (TPSA) is 114 Å². The first-order valence-corrected chi connectivity index (χ1v) is 14.1. The van der Waals surface area contributed by atoms with Gasteiger partial charge in [-0.2, -0.15) is 17.3 Å². The number of aromatic nitrogens is 2. The van der Waals surface area contributed by atoms with E-state index in [1.165, 1.54) is 4.57 Å². The minimum absolute atomic E-state index is 0.0241. The van der Waals surface area contributed by atoms with Gasteiger partial charge in [0, 0.05) is 19.1 Å². The number of aliphatic hydroxyl groups is 2. The number of likely N-dealkylation sites (tertiary alicyclic amines) is 1. The maximum Gasteiger partial charge on any atom is 0.350 e. The Morgan fingerprint density at radius 1 is 1.24 bits per heavy atom. The zero-order valence-corrected chi connectivity index (χ0v) is 23.8. The molecular weight excluding hydrogens is 495 g/mol. The highest BCUT2D eigenvalue weighted by Crippen LogP contribution is 2.43. The first-order chi connectivity index (χ1) is 17.7. The molecule has 2 heterocycles. The van der Waals surface area contributed by atoms with Gasteiger partial charge in [-0.05, 0) is 69.1 Å². The van der Waals surface area contributed by atoms with Crippen LogP contribution in [0.3, 0.4) is 0 Å². The number of nitrogen functional groups attached to an aromatic ring is 1. The molecule has 0 aromatic carbocycles. The largest absolute Gasteiger partial charge is 0.393 e. The van der Waals surface area contributed by atoms with Crippen molar-refractivity contribution >= 4 is 24.3 Å². The summed E-state index contributed by atoms with van der Waals surface area (Å²) in [5.74, 6) is 6.81. The number of rotatable bonds is 4. The van der Waals surface area contributed by atoms with Gasteiger partial charge < -0.3 is 21.0 Å². The molecule has 1 aliphatic heterocycles. The fraction of sp³-hybridized carbons (Fsp3) is 0.704. The Bertz CT molecular complexity index is 1190. The van der Waals surface area contributed by atoms with Crippen molar-refractivity contribution in [3.63, 3.8) is 0 Å². The van der Waals surface area contributed by atoms with Crippen molar-refractivity contribution in [1.29, 1.82) is 0 Å². The lowest BCUT2D eigenvalue weighted by Gasteiger charge is -2.50. The molecule has 2 saturated carbocycles. The van der Waals surface area contributed by atoms with Gasteiger partial charge in [0.05, 0.1) is 28.5 Å². The summed E-state index contributed by atoms with van der Waals surface area (Å²) in [7, 11) is 0. The third kappa shape index (κ3) is 6.34. The van der Waals surface area contributed by atoms with Crippen molar-refractivity contribution in [1.82, 2.24) is 14.1 Å². The fourth-order valence-corrected chi connectivity index (χ4v) is 5.79. The number of hydrogen-bond donors (Lipinski definition) is 4. The Morgan fingerprint density at radius 2 is 1.86 bits per heavy atom. The van der Waals surface area contributed by atoms with Crippen LogP contribution in [-0.4, -0.2) is 55.4 Å². The van der Waals surface area contributed by atoms with Crippen LogP contribution in [0.5, 0.6) is 0 Å². The Kier molecular flexibility index (Phi) is 11.5. The SMILES string of the molecule is C/C=c1/c(=O)n(N)c(=O)n(C2CC2)/c1=C(C)/C(=C/F)N1CCC2C(CCCC2(O)CO)C1.CC.CCS. The highest BCUT2D eigenvalue weighted by atomic mass is 32.1. The summed E-state index contributed by atoms with van der Waals surface area (Å²) in [6, 6.07) is -0.0500. The maximum absolute atomic E-state index is 14.4. The molecule has 210 valence electrons. The molecule has 4 N–H and O–H groups in total. The molecule has 10 heteroatoms. The summed E-state index contributed by atoms with van der Waals surface area (Å²) in [4.78, 5) is 27.5. The van der Waals surface area contributed by atoms with E-state index in [9.17, 15) is 24.2 Å². The molecule has 0 spiro atoms. The quantitative estimate of drug-likeness (QED) is 0.341. The third-order valence-corrected chi connectivity index (χ3v) is 7.62. The number of fused-ring (bicyclic) bond motifs is 1. The number of aliphatic hydroxyl groups excluding tert-OH is 1. The standard InChI is InChI=1S/C23H33FN4O4.C2H6S.C2H6/c1-3-17-20(27(16-6-7-16)22(31)28(25)21(17)30)14(2)19(11-24)26-10-8-18-15(12-26)5-4-9-23(18,32)13-29;1-2-3;1-2/h3,11,15-16,18,29,32H,4-10,12-13,25H2,1-2H3;3H,2H2,1H3;1-2H3/b17-3+,19-11-,20-14+;;. The first kappa shape index (κ1) is 31.2. The minimum atomic E-state index is -1.07. The summed E-state index contributed by atoms with van der Waals surface area (Å²) < 4.78 is 16.5. The van der Waals surface area contributed by atoms with E-state index in [0.717, 1.165) is 31.4 Å². The van der Waals surface area contributed by atoms with Crippen LogP contribution < -0.4 is 27.7 Å². The molecular formula is C27H45FN4O4S. The summed E-state index contributed by atoms with van der Waals surface area (Å²) in [6.07, 6.45) is 6.73. The Hall–Kier alpha value is -2.04. The second kappa shape index (κ2) is 13.7. The zero-order valence-electron chi connectivity index (χ0n) is 22.9. The van der Waals surface area contributed by atoms with Gasteiger partial charge in [0.15, 0.2) is 0 Å². The van der Waals surface area contributed by atoms with E-state index in [2.05, 4.69) is 12.6 Å². The Balaban J connectivity index is 0.000000898. The average Bonchev–Trinajstić information content (AvgIpc) is 3.74. The minimum Gasteiger partial charge on any atom is -0.393 e. The number of thiol groups is 1. The van der Waals surface area contributed by atoms with Crippen LogP contribution in [0.15, 0.2) is 21.6 Å². The molecule has 3 unspecified atom stereocenters. The molecule has 4 rings (SSSR count). The van der Waals surface area contributed by atoms with Gasteiger partial charge in [0.1, 0.15) is 6.33 Å². The van der Waals surface area contributed by atoms with Crippen molar-refractivity contribution in [3.05, 3.63) is 43.4 Å². The van der Waals surface area contributed by atoms with E-state index in [-0.39, 0.29) is 29.7 Å². The molecule has 2 aliphatic carbocycles. The van der Waals surface area contributed by atoms with E-state index < -0.39 is 16.9 Å². The van der Waals surface area contributed by atoms with Crippen molar-refractivity contribution < 1.29 is 14.6 Å². The van der Waals surface area contributed by atoms with Crippen LogP contribution in [-0.2, 0) is 0 Å². The second-order valence-electron chi connectivity index (χ2n) is 9.80. The molecule has 1 saturated heterocycles. The number of nitrogens with two attached hydrogens (primary N) is 1. The lowest BCUT2D eigenvalue weighted by Crippen LogP contribution is -2.61. The van der Waals surface area contributed by atoms with Crippen LogP contribution in [0.4, 0.5) is 4.39 Å². The van der Waals surface area contributed by atoms with E-state index >= 15 is 0 Å². The Morgan fingerprint density at radius 3 is 2.38 bits per heavy atom. The van der Waals surface area contributed by atoms with Crippen molar-refractivity contribution in [3.8, 4) is 0 Å². The molecule has 3 aliphatic rings. The number of nitrogens with zero attached hydrogens (tertiary/aromatic N) is 3. The van der Waals surface area contributed by atoms with E-state index in [1.54, 1.807) is 19.9 Å². The summed E-state index contributed by atoms with van der Waals surface area (Å²) in [6.45, 7) is 10.2. The monoisotopic (exact) mass is 540 g/mol. The van der Waals surface area contributed by atoms with Crippen molar-refractivity contribution in [2.75, 3.05) is 31.3 Å². The summed E-state index contributed by atoms with van der Waals surface area (Å²) in [5, 5.41) is 21.3. The summed E-state index contributed by atoms with van der Waals surface area (Å²) >= 11 is 3.79. The van der Waals surface area contributed by atoms with Gasteiger partial charge in [0.25, 0.3) is 5.56 Å². The normalized spacial score (nSPS) is 26.9. The number of hydrogen-bond acceptors (Lipinski definition) is 7. The number of piperidine rings is 1. The van der Waals surface area contributed by atoms with Crippen molar-refractivity contribution in [2.45, 2.75) is 84.8 Å². The zero-order chi connectivity index (χ0) is 27.9. The molecule has 0 bridgehead atoms. The van der Waals surface area contributed by atoms with E-state index in [0.29, 0.717) is 53.6 Å². The molecule has 37 heavy (non-hydrogen) atoms. The lowest BCUT2D eigenvalue weighted by atomic mass is 9.66. The van der Waals surface area contributed by atoms with E-state index in [1.807, 2.05) is 25.7 Å². The predicted octanol–water partition coefficient (Wildman–Crippen LogP) is 1.65. The molecule has 3 fully saturated rings. The Labute approximate surface area is 224 Å². The highest BCUT2D eigenvalue weighted by Gasteiger charge is 2.46. The van der Waals surface area contributed by atoms with Crippen LogP contribution >= 0.6 is 12.6 Å².